The van der Waals surface area contributed by atoms with Crippen LogP contribution in [-0.4, -0.2) is 76.1 Å². The first-order valence-electron chi connectivity index (χ1n) is 33.4. The molecule has 0 amide bonds. The van der Waals surface area contributed by atoms with Crippen LogP contribution in [-0.2, 0) is 26.2 Å². The standard InChI is InChI=1S/C22H17BrFN3.C21H16FIN4O.C20H14ClFN4.C19H17BrFN3/c1-15-9-11-16(12-10-15)22-20(23)21(19-8-4-5-13-25-19)26-27(22)14-17-6-2-3-7-18(17)24;1-28-18-11-6-10-16(25-18)20-19(23)21(17-9-4-5-12-24-17)27(26-20)13-14-7-2-3-8-15(14)22;21-18-19(16-9-3-5-11-23-16)25-26(13-14-7-1-2-8-15(14)22)20(18)17-10-4-6-12-24-17;20-17-18(16-10-3-4-11-22-16)23-24(19(17)13-7-5-8-13)12-14-6-1-2-9-15(14)21/h2-13H,14H2,1H3;2-12H,13H2,1H3;1-12H,13H2;1-4,6,9-11,13H,5,7-8,12H2. The Hall–Kier alpha value is -10.7. The third kappa shape index (κ3) is 17.1. The molecule has 1 saturated carbocycles. The Labute approximate surface area is 639 Å². The fourth-order valence-electron chi connectivity index (χ4n) is 11.8. The second kappa shape index (κ2) is 34.3. The summed E-state index contributed by atoms with van der Waals surface area (Å²) in [5, 5.41) is 19.3. The molecule has 0 spiro atoms. The molecule has 0 unspecified atom stereocenters. The molecule has 0 bridgehead atoms. The van der Waals surface area contributed by atoms with Gasteiger partial charge in [0, 0.05) is 70.8 Å². The van der Waals surface area contributed by atoms with Crippen molar-refractivity contribution in [1.82, 2.24) is 69.0 Å². The number of nitrogens with zero attached hydrogens (tertiary/aromatic N) is 14. The third-order valence-corrected chi connectivity index (χ3v) is 20.2. The van der Waals surface area contributed by atoms with Crippen molar-refractivity contribution < 1.29 is 22.3 Å². The molecule has 0 radical (unpaired) electrons. The molecule has 0 aliphatic heterocycles. The van der Waals surface area contributed by atoms with Gasteiger partial charge < -0.3 is 4.74 Å². The SMILES string of the molecule is COc1cccc(-c2nn(Cc3ccccc3F)c(-c3ccccn3)c2I)n1.Cc1ccc(-c2c(Br)c(-c3ccccn3)nn2Cc2ccccc2F)cc1.Fc1ccccc1Cn1nc(-c2ccccn2)c(Br)c1C1CCC1.Fc1ccccc1Cn1nc(-c2ccccn2)c(Cl)c1-c1ccccn1. The minimum atomic E-state index is -0.287. The molecule has 10 aromatic heterocycles. The number of rotatable bonds is 17. The van der Waals surface area contributed by atoms with Gasteiger partial charge in [-0.3, -0.25) is 43.6 Å². The van der Waals surface area contributed by atoms with Crippen molar-refractivity contribution in [1.29, 1.82) is 0 Å². The second-order valence-electron chi connectivity index (χ2n) is 24.2. The smallest absolute Gasteiger partial charge is 0.213 e. The average Bonchev–Trinajstić information content (AvgIpc) is 1.66. The van der Waals surface area contributed by atoms with Gasteiger partial charge in [0.05, 0.1) is 96.4 Å². The summed E-state index contributed by atoms with van der Waals surface area (Å²) < 4.78 is 71.9. The predicted molar refractivity (Wildman–Crippen MR) is 417 cm³/mol. The number of methoxy groups -OCH3 is 1. The minimum absolute atomic E-state index is 0.192. The molecule has 10 heterocycles. The molecule has 524 valence electrons. The van der Waals surface area contributed by atoms with Gasteiger partial charge in [-0.2, -0.15) is 20.4 Å². The summed E-state index contributed by atoms with van der Waals surface area (Å²) in [5.41, 5.74) is 15.2. The summed E-state index contributed by atoms with van der Waals surface area (Å²) in [4.78, 5) is 26.5. The molecular weight excluding hydrogens is 1600 g/mol. The Bertz CT molecular complexity index is 5420. The van der Waals surface area contributed by atoms with Gasteiger partial charge in [-0.15, -0.1) is 0 Å². The van der Waals surface area contributed by atoms with Crippen LogP contribution in [0.2, 0.25) is 5.02 Å². The van der Waals surface area contributed by atoms with Gasteiger partial charge >= 0.3 is 0 Å². The van der Waals surface area contributed by atoms with Gasteiger partial charge in [-0.05, 0) is 165 Å². The lowest BCUT2D eigenvalue weighted by atomic mass is 9.82. The summed E-state index contributed by atoms with van der Waals surface area (Å²) in [5.74, 6) is 0.0143. The minimum Gasteiger partial charge on any atom is -0.481 e. The van der Waals surface area contributed by atoms with Crippen molar-refractivity contribution >= 4 is 66.1 Å². The van der Waals surface area contributed by atoms with Crippen LogP contribution in [0.1, 0.15) is 58.7 Å². The van der Waals surface area contributed by atoms with E-state index in [1.54, 1.807) is 102 Å². The first-order chi connectivity index (χ1) is 51.3. The van der Waals surface area contributed by atoms with Crippen LogP contribution >= 0.6 is 66.1 Å². The maximum absolute atomic E-state index is 14.3. The van der Waals surface area contributed by atoms with E-state index in [1.807, 2.05) is 137 Å². The molecule has 1 aliphatic rings. The molecule has 15 nitrogen and oxygen atoms in total. The van der Waals surface area contributed by atoms with E-state index in [2.05, 4.69) is 121 Å². The van der Waals surface area contributed by atoms with Crippen LogP contribution in [0.4, 0.5) is 17.6 Å². The number of pyridine rings is 6. The Balaban J connectivity index is 0.000000124. The Morgan fingerprint density at radius 1 is 0.410 bits per heavy atom. The predicted octanol–water partition coefficient (Wildman–Crippen LogP) is 20.7. The molecule has 15 aromatic rings. The van der Waals surface area contributed by atoms with Crippen LogP contribution in [0.15, 0.2) is 270 Å². The van der Waals surface area contributed by atoms with Crippen molar-refractivity contribution in [3.63, 3.8) is 0 Å². The lowest BCUT2D eigenvalue weighted by molar-refractivity contribution is 0.390. The fraction of sp³-hybridized carbons (Fsp3) is 0.122. The molecule has 5 aromatic carbocycles. The van der Waals surface area contributed by atoms with Crippen LogP contribution in [0, 0.1) is 33.8 Å². The molecule has 0 atom stereocenters. The van der Waals surface area contributed by atoms with E-state index in [0.717, 1.165) is 76.5 Å². The van der Waals surface area contributed by atoms with E-state index in [9.17, 15) is 17.6 Å². The van der Waals surface area contributed by atoms with Crippen molar-refractivity contribution in [2.24, 2.45) is 0 Å². The fourth-order valence-corrected chi connectivity index (χ4v) is 14.6. The van der Waals surface area contributed by atoms with Gasteiger partial charge in [-0.1, -0.05) is 157 Å². The van der Waals surface area contributed by atoms with E-state index in [4.69, 9.17) is 31.6 Å². The van der Waals surface area contributed by atoms with Gasteiger partial charge in [0.25, 0.3) is 0 Å². The largest absolute Gasteiger partial charge is 0.481 e. The monoisotopic (exact) mass is 1660 g/mol. The van der Waals surface area contributed by atoms with E-state index in [-0.39, 0.29) is 29.8 Å². The first-order valence-corrected chi connectivity index (χ1v) is 36.5. The average molecular weight is 1660 g/mol. The zero-order valence-electron chi connectivity index (χ0n) is 56.5. The second-order valence-corrected chi connectivity index (χ2v) is 27.3. The van der Waals surface area contributed by atoms with Gasteiger partial charge in [0.1, 0.15) is 57.4 Å². The molecule has 105 heavy (non-hydrogen) atoms. The van der Waals surface area contributed by atoms with E-state index < -0.39 is 0 Å². The number of ether oxygens (including phenoxy) is 1. The van der Waals surface area contributed by atoms with Gasteiger partial charge in [0.15, 0.2) is 0 Å². The first kappa shape index (κ1) is 72.7. The number of aromatic nitrogens is 14. The normalized spacial score (nSPS) is 11.7. The molecule has 1 fully saturated rings. The number of benzene rings is 5. The van der Waals surface area contributed by atoms with Gasteiger partial charge in [0.2, 0.25) is 5.88 Å². The highest BCUT2D eigenvalue weighted by Gasteiger charge is 2.30. The van der Waals surface area contributed by atoms with Gasteiger partial charge in [-0.25, -0.2) is 22.5 Å². The Morgan fingerprint density at radius 3 is 1.22 bits per heavy atom. The number of hydrogen-bond donors (Lipinski definition) is 0. The zero-order chi connectivity index (χ0) is 72.8. The summed E-state index contributed by atoms with van der Waals surface area (Å²) in [7, 11) is 1.58. The summed E-state index contributed by atoms with van der Waals surface area (Å²) in [6, 6.07) is 69.0. The maximum atomic E-state index is 14.3. The topological polar surface area (TPSA) is 158 Å². The lowest BCUT2D eigenvalue weighted by Crippen LogP contribution is -2.16. The molecule has 0 N–H and O–H groups in total. The molecular formula is C82H64Br2ClF4IN14O. The van der Waals surface area contributed by atoms with E-state index in [1.165, 1.54) is 36.2 Å². The summed E-state index contributed by atoms with van der Waals surface area (Å²) in [6.07, 6.45) is 12.2. The Kier molecular flexibility index (Phi) is 23.7. The van der Waals surface area contributed by atoms with Crippen molar-refractivity contribution in [3.8, 4) is 85.5 Å². The molecule has 0 saturated heterocycles. The zero-order valence-corrected chi connectivity index (χ0v) is 62.6. The quantitative estimate of drug-likeness (QED) is 0.0631. The van der Waals surface area contributed by atoms with Crippen LogP contribution in [0.3, 0.4) is 0 Å². The van der Waals surface area contributed by atoms with Crippen molar-refractivity contribution in [2.45, 2.75) is 58.3 Å². The number of halogens is 8. The highest BCUT2D eigenvalue weighted by molar-refractivity contribution is 14.1. The highest BCUT2D eigenvalue weighted by Crippen LogP contribution is 2.44. The van der Waals surface area contributed by atoms with Crippen LogP contribution < -0.4 is 4.74 Å². The number of aryl methyl sites for hydroxylation is 1. The lowest BCUT2D eigenvalue weighted by Gasteiger charge is -2.26. The van der Waals surface area contributed by atoms with E-state index in [0.29, 0.717) is 92.9 Å². The maximum Gasteiger partial charge on any atom is 0.213 e. The summed E-state index contributed by atoms with van der Waals surface area (Å²) >= 11 is 16.3. The molecule has 1 aliphatic carbocycles. The number of hydrogen-bond acceptors (Lipinski definition) is 11. The Morgan fingerprint density at radius 2 is 0.781 bits per heavy atom. The van der Waals surface area contributed by atoms with Crippen LogP contribution in [0.25, 0.3) is 79.6 Å². The van der Waals surface area contributed by atoms with E-state index >= 15 is 0 Å². The van der Waals surface area contributed by atoms with Crippen molar-refractivity contribution in [2.75, 3.05) is 7.11 Å². The summed E-state index contributed by atoms with van der Waals surface area (Å²) in [6.45, 7) is 3.35. The third-order valence-electron chi connectivity index (χ3n) is 17.3. The molecule has 16 rings (SSSR count). The molecule has 23 heteroatoms. The van der Waals surface area contributed by atoms with Crippen LogP contribution in [0.5, 0.6) is 5.88 Å². The van der Waals surface area contributed by atoms with Crippen molar-refractivity contribution in [3.05, 3.63) is 336 Å². The highest BCUT2D eigenvalue weighted by atomic mass is 127.